The third-order valence-corrected chi connectivity index (χ3v) is 5.52. The Morgan fingerprint density at radius 1 is 0.903 bits per heavy atom. The van der Waals surface area contributed by atoms with Crippen LogP contribution in [0.2, 0.25) is 0 Å². The molecule has 0 radical (unpaired) electrons. The van der Waals surface area contributed by atoms with Crippen LogP contribution in [0.15, 0.2) is 78.9 Å². The summed E-state index contributed by atoms with van der Waals surface area (Å²) in [5.41, 5.74) is 4.56. The molecular formula is C27H27NO3. The van der Waals surface area contributed by atoms with Crippen molar-refractivity contribution in [3.63, 3.8) is 0 Å². The molecule has 0 amide bonds. The smallest absolute Gasteiger partial charge is 0.352 e. The van der Waals surface area contributed by atoms with Crippen LogP contribution >= 0.6 is 0 Å². The van der Waals surface area contributed by atoms with Crippen molar-refractivity contribution in [2.24, 2.45) is 0 Å². The van der Waals surface area contributed by atoms with Crippen LogP contribution in [0.3, 0.4) is 0 Å². The van der Waals surface area contributed by atoms with Crippen LogP contribution in [-0.4, -0.2) is 15.6 Å². The topological polar surface area (TPSA) is 51.5 Å². The SMILES string of the molecule is CC(C)(C)c1ccc(Cn2c(C(=O)O)cc3c(OCc4ccccc4)cccc32)cc1. The van der Waals surface area contributed by atoms with E-state index in [2.05, 4.69) is 45.0 Å². The average Bonchev–Trinajstić information content (AvgIpc) is 3.12. The molecule has 0 fully saturated rings. The van der Waals surface area contributed by atoms with Gasteiger partial charge >= 0.3 is 5.97 Å². The van der Waals surface area contributed by atoms with Crippen LogP contribution in [0.1, 0.15) is 48.0 Å². The minimum atomic E-state index is -0.948. The Morgan fingerprint density at radius 2 is 1.61 bits per heavy atom. The summed E-state index contributed by atoms with van der Waals surface area (Å²) >= 11 is 0. The van der Waals surface area contributed by atoms with Crippen molar-refractivity contribution < 1.29 is 14.6 Å². The van der Waals surface area contributed by atoms with Crippen LogP contribution in [0, 0.1) is 0 Å². The monoisotopic (exact) mass is 413 g/mol. The maximum absolute atomic E-state index is 12.0. The lowest BCUT2D eigenvalue weighted by atomic mass is 9.87. The number of ether oxygens (including phenoxy) is 1. The summed E-state index contributed by atoms with van der Waals surface area (Å²) < 4.78 is 7.90. The van der Waals surface area contributed by atoms with E-state index in [4.69, 9.17) is 4.74 Å². The third-order valence-electron chi connectivity index (χ3n) is 5.52. The third kappa shape index (κ3) is 4.48. The Hall–Kier alpha value is -3.53. The van der Waals surface area contributed by atoms with Crippen LogP contribution in [0.25, 0.3) is 10.9 Å². The van der Waals surface area contributed by atoms with Gasteiger partial charge in [-0.3, -0.25) is 0 Å². The number of benzene rings is 3. The van der Waals surface area contributed by atoms with Crippen LogP contribution < -0.4 is 4.74 Å². The second-order valence-corrected chi connectivity index (χ2v) is 8.83. The van der Waals surface area contributed by atoms with Crippen LogP contribution in [0.4, 0.5) is 0 Å². The highest BCUT2D eigenvalue weighted by Gasteiger charge is 2.18. The standard InChI is InChI=1S/C27H27NO3/c1-27(2,3)21-14-12-19(13-15-21)17-28-23-10-7-11-25(22(23)16-24(28)26(29)30)31-18-20-8-5-4-6-9-20/h4-16H,17-18H2,1-3H3,(H,29,30). The predicted molar refractivity (Wildman–Crippen MR) is 124 cm³/mol. The van der Waals surface area contributed by atoms with Crippen LogP contribution in [0.5, 0.6) is 5.75 Å². The first-order valence-electron chi connectivity index (χ1n) is 10.4. The number of aromatic carboxylic acids is 1. The summed E-state index contributed by atoms with van der Waals surface area (Å²) in [6.45, 7) is 7.46. The van der Waals surface area contributed by atoms with Gasteiger partial charge in [0.05, 0.1) is 5.52 Å². The van der Waals surface area contributed by atoms with Crippen molar-refractivity contribution in [3.05, 3.63) is 101 Å². The maximum Gasteiger partial charge on any atom is 0.352 e. The molecule has 0 aliphatic carbocycles. The van der Waals surface area contributed by atoms with Crippen molar-refractivity contribution in [1.29, 1.82) is 0 Å². The predicted octanol–water partition coefficient (Wildman–Crippen LogP) is 6.26. The molecule has 0 spiro atoms. The quantitative estimate of drug-likeness (QED) is 0.406. The van der Waals surface area contributed by atoms with Gasteiger partial charge in [0.25, 0.3) is 0 Å². The maximum atomic E-state index is 12.0. The molecule has 0 saturated carbocycles. The number of nitrogens with zero attached hydrogens (tertiary/aromatic N) is 1. The van der Waals surface area contributed by atoms with E-state index in [1.807, 2.05) is 53.1 Å². The summed E-state index contributed by atoms with van der Waals surface area (Å²) in [5.74, 6) is -0.262. The fourth-order valence-electron chi connectivity index (χ4n) is 3.76. The van der Waals surface area contributed by atoms with E-state index in [1.54, 1.807) is 6.07 Å². The van der Waals surface area contributed by atoms with Crippen molar-refractivity contribution in [3.8, 4) is 5.75 Å². The highest BCUT2D eigenvalue weighted by atomic mass is 16.5. The zero-order valence-corrected chi connectivity index (χ0v) is 18.1. The molecule has 31 heavy (non-hydrogen) atoms. The lowest BCUT2D eigenvalue weighted by Crippen LogP contribution is -2.12. The highest BCUT2D eigenvalue weighted by molar-refractivity contribution is 5.97. The summed E-state index contributed by atoms with van der Waals surface area (Å²) in [7, 11) is 0. The Kier molecular flexibility index (Phi) is 5.55. The van der Waals surface area contributed by atoms with Gasteiger partial charge in [-0.2, -0.15) is 0 Å². The molecule has 4 aromatic rings. The number of aromatic nitrogens is 1. The van der Waals surface area contributed by atoms with Crippen molar-refractivity contribution in [2.75, 3.05) is 0 Å². The summed E-state index contributed by atoms with van der Waals surface area (Å²) in [6, 6.07) is 25.8. The number of hydrogen-bond donors (Lipinski definition) is 1. The van der Waals surface area contributed by atoms with E-state index < -0.39 is 5.97 Å². The second-order valence-electron chi connectivity index (χ2n) is 8.83. The molecule has 0 saturated heterocycles. The lowest BCUT2D eigenvalue weighted by molar-refractivity contribution is 0.0686. The fraction of sp³-hybridized carbons (Fsp3) is 0.222. The number of carboxylic acids is 1. The lowest BCUT2D eigenvalue weighted by Gasteiger charge is -2.19. The normalized spacial score (nSPS) is 11.6. The molecule has 4 nitrogen and oxygen atoms in total. The minimum Gasteiger partial charge on any atom is -0.488 e. The number of rotatable bonds is 6. The van der Waals surface area contributed by atoms with E-state index in [0.29, 0.717) is 18.9 Å². The number of hydrogen-bond acceptors (Lipinski definition) is 2. The molecule has 1 aromatic heterocycles. The van der Waals surface area contributed by atoms with Gasteiger partial charge in [0.15, 0.2) is 0 Å². The fourth-order valence-corrected chi connectivity index (χ4v) is 3.76. The van der Waals surface area contributed by atoms with Gasteiger partial charge in [0, 0.05) is 11.9 Å². The number of carbonyl (C=O) groups is 1. The summed E-state index contributed by atoms with van der Waals surface area (Å²) in [6.07, 6.45) is 0. The molecule has 0 unspecified atom stereocenters. The first-order valence-corrected chi connectivity index (χ1v) is 10.4. The first kappa shape index (κ1) is 20.7. The van der Waals surface area contributed by atoms with E-state index in [-0.39, 0.29) is 11.1 Å². The molecule has 0 bridgehead atoms. The molecule has 1 heterocycles. The van der Waals surface area contributed by atoms with E-state index in [0.717, 1.165) is 22.0 Å². The number of fused-ring (bicyclic) bond motifs is 1. The van der Waals surface area contributed by atoms with Crippen molar-refractivity contribution >= 4 is 16.9 Å². The van der Waals surface area contributed by atoms with Gasteiger partial charge in [0.1, 0.15) is 18.1 Å². The summed E-state index contributed by atoms with van der Waals surface area (Å²) in [4.78, 5) is 12.0. The second kappa shape index (κ2) is 8.31. The van der Waals surface area contributed by atoms with Crippen molar-refractivity contribution in [2.45, 2.75) is 39.3 Å². The van der Waals surface area contributed by atoms with E-state index in [1.165, 1.54) is 5.56 Å². The molecule has 158 valence electrons. The first-order chi connectivity index (χ1) is 14.8. The zero-order chi connectivity index (χ0) is 22.0. The van der Waals surface area contributed by atoms with Crippen molar-refractivity contribution in [1.82, 2.24) is 4.57 Å². The molecule has 3 aromatic carbocycles. The zero-order valence-electron chi connectivity index (χ0n) is 18.1. The Bertz CT molecular complexity index is 1200. The average molecular weight is 414 g/mol. The van der Waals surface area contributed by atoms with E-state index in [9.17, 15) is 9.90 Å². The van der Waals surface area contributed by atoms with Gasteiger partial charge in [-0.25, -0.2) is 4.79 Å². The Labute approximate surface area is 182 Å². The van der Waals surface area contributed by atoms with Gasteiger partial charge in [0.2, 0.25) is 0 Å². The minimum absolute atomic E-state index is 0.0793. The molecule has 0 atom stereocenters. The van der Waals surface area contributed by atoms with Gasteiger partial charge in [-0.15, -0.1) is 0 Å². The van der Waals surface area contributed by atoms with Gasteiger partial charge in [-0.1, -0.05) is 81.4 Å². The molecule has 0 aliphatic rings. The summed E-state index contributed by atoms with van der Waals surface area (Å²) in [5, 5.41) is 10.6. The molecular weight excluding hydrogens is 386 g/mol. The number of carboxylic acid groups (broad SMARTS) is 1. The molecule has 1 N–H and O–H groups in total. The van der Waals surface area contributed by atoms with Crippen LogP contribution in [-0.2, 0) is 18.6 Å². The molecule has 0 aliphatic heterocycles. The van der Waals surface area contributed by atoms with E-state index >= 15 is 0 Å². The highest BCUT2D eigenvalue weighted by Crippen LogP contribution is 2.31. The molecule has 4 rings (SSSR count). The molecule has 4 heteroatoms. The Morgan fingerprint density at radius 3 is 2.26 bits per heavy atom. The van der Waals surface area contributed by atoms with Gasteiger partial charge in [-0.05, 0) is 40.3 Å². The largest absolute Gasteiger partial charge is 0.488 e. The Balaban J connectivity index is 1.68. The van der Waals surface area contributed by atoms with Gasteiger partial charge < -0.3 is 14.4 Å².